The molecule has 1 saturated carbocycles. The Kier molecular flexibility index (Phi) is 2.32. The lowest BCUT2D eigenvalue weighted by atomic mass is 10.1. The molecular formula is C9H14BrN3. The van der Waals surface area contributed by atoms with Crippen molar-refractivity contribution in [1.29, 1.82) is 0 Å². The fourth-order valence-corrected chi connectivity index (χ4v) is 1.93. The number of nitrogens with zero attached hydrogens (tertiary/aromatic N) is 2. The smallest absolute Gasteiger partial charge is 0.159 e. The molecule has 0 amide bonds. The molecule has 0 bridgehead atoms. The highest BCUT2D eigenvalue weighted by Gasteiger charge is 2.28. The lowest BCUT2D eigenvalue weighted by molar-refractivity contribution is 0.407. The van der Waals surface area contributed by atoms with E-state index < -0.39 is 0 Å². The summed E-state index contributed by atoms with van der Waals surface area (Å²) in [5, 5.41) is 4.21. The second-order valence-corrected chi connectivity index (χ2v) is 4.75. The topological polar surface area (TPSA) is 43.8 Å². The maximum atomic E-state index is 5.63. The third-order valence-corrected chi connectivity index (χ3v) is 3.26. The molecule has 4 heteroatoms. The quantitative estimate of drug-likeness (QED) is 0.886. The van der Waals surface area contributed by atoms with Gasteiger partial charge in [0.05, 0.1) is 4.47 Å². The van der Waals surface area contributed by atoms with E-state index in [0.717, 1.165) is 22.9 Å². The number of nitrogens with two attached hydrogens (primary N) is 1. The van der Waals surface area contributed by atoms with Crippen LogP contribution < -0.4 is 5.73 Å². The van der Waals surface area contributed by atoms with E-state index in [2.05, 4.69) is 28.0 Å². The molecule has 3 nitrogen and oxygen atoms in total. The van der Waals surface area contributed by atoms with Crippen molar-refractivity contribution in [1.82, 2.24) is 9.78 Å². The minimum absolute atomic E-state index is 0.586. The van der Waals surface area contributed by atoms with E-state index in [-0.39, 0.29) is 0 Å². The van der Waals surface area contributed by atoms with Crippen LogP contribution in [0, 0.1) is 11.8 Å². The van der Waals surface area contributed by atoms with Crippen molar-refractivity contribution in [2.75, 3.05) is 5.73 Å². The van der Waals surface area contributed by atoms with Gasteiger partial charge in [-0.3, -0.25) is 4.68 Å². The Balaban J connectivity index is 2.00. The Morgan fingerprint density at radius 2 is 2.46 bits per heavy atom. The predicted octanol–water partition coefficient (Wildman–Crippen LogP) is 2.27. The zero-order valence-electron chi connectivity index (χ0n) is 7.70. The highest BCUT2D eigenvalue weighted by molar-refractivity contribution is 9.10. The Bertz CT molecular complexity index is 284. The Hall–Kier alpha value is -0.510. The first kappa shape index (κ1) is 9.06. The van der Waals surface area contributed by atoms with E-state index in [1.54, 1.807) is 0 Å². The van der Waals surface area contributed by atoms with Crippen LogP contribution >= 0.6 is 15.9 Å². The SMILES string of the molecule is CC(Cn1cc(Br)c(N)n1)C1CC1. The number of halogens is 1. The molecule has 0 aliphatic heterocycles. The van der Waals surface area contributed by atoms with Crippen molar-refractivity contribution in [2.45, 2.75) is 26.3 Å². The van der Waals surface area contributed by atoms with Crippen LogP contribution in [0.2, 0.25) is 0 Å². The summed E-state index contributed by atoms with van der Waals surface area (Å²) < 4.78 is 2.83. The zero-order valence-corrected chi connectivity index (χ0v) is 9.29. The molecule has 0 spiro atoms. The van der Waals surface area contributed by atoms with Gasteiger partial charge in [-0.25, -0.2) is 0 Å². The number of anilines is 1. The molecule has 1 aliphatic rings. The minimum Gasteiger partial charge on any atom is -0.381 e. The van der Waals surface area contributed by atoms with Gasteiger partial charge >= 0.3 is 0 Å². The lowest BCUT2D eigenvalue weighted by Crippen LogP contribution is -2.09. The van der Waals surface area contributed by atoms with Crippen LogP contribution in [0.3, 0.4) is 0 Å². The molecule has 1 atom stereocenters. The molecule has 0 radical (unpaired) electrons. The van der Waals surface area contributed by atoms with Crippen molar-refractivity contribution < 1.29 is 0 Å². The molecule has 0 aromatic carbocycles. The summed E-state index contributed by atoms with van der Waals surface area (Å²) in [6.45, 7) is 3.27. The molecule has 1 fully saturated rings. The van der Waals surface area contributed by atoms with Gasteiger partial charge in [-0.15, -0.1) is 0 Å². The van der Waals surface area contributed by atoms with Crippen LogP contribution in [0.15, 0.2) is 10.7 Å². The predicted molar refractivity (Wildman–Crippen MR) is 56.2 cm³/mol. The highest BCUT2D eigenvalue weighted by Crippen LogP contribution is 2.37. The van der Waals surface area contributed by atoms with Crippen molar-refractivity contribution in [3.05, 3.63) is 10.7 Å². The van der Waals surface area contributed by atoms with E-state index >= 15 is 0 Å². The van der Waals surface area contributed by atoms with Crippen molar-refractivity contribution in [3.63, 3.8) is 0 Å². The van der Waals surface area contributed by atoms with Gasteiger partial charge in [0.2, 0.25) is 0 Å². The van der Waals surface area contributed by atoms with E-state index in [0.29, 0.717) is 5.82 Å². The first-order valence-corrected chi connectivity index (χ1v) is 5.44. The normalized spacial score (nSPS) is 18.9. The molecule has 1 aliphatic carbocycles. The summed E-state index contributed by atoms with van der Waals surface area (Å²) in [5.41, 5.74) is 5.63. The van der Waals surface area contributed by atoms with E-state index in [1.165, 1.54) is 12.8 Å². The number of nitrogen functional groups attached to an aromatic ring is 1. The molecule has 0 saturated heterocycles. The standard InChI is InChI=1S/C9H14BrN3/c1-6(7-2-3-7)4-13-5-8(10)9(11)12-13/h5-7H,2-4H2,1H3,(H2,11,12). The lowest BCUT2D eigenvalue weighted by Gasteiger charge is -2.08. The maximum Gasteiger partial charge on any atom is 0.159 e. The fraction of sp³-hybridized carbons (Fsp3) is 0.667. The zero-order chi connectivity index (χ0) is 9.42. The van der Waals surface area contributed by atoms with Gasteiger partial charge < -0.3 is 5.73 Å². The monoisotopic (exact) mass is 243 g/mol. The van der Waals surface area contributed by atoms with E-state index in [4.69, 9.17) is 5.73 Å². The fourth-order valence-electron chi connectivity index (χ4n) is 1.61. The van der Waals surface area contributed by atoms with Crippen LogP contribution in [-0.4, -0.2) is 9.78 Å². The Morgan fingerprint density at radius 1 is 1.77 bits per heavy atom. The van der Waals surface area contributed by atoms with Crippen LogP contribution in [0.1, 0.15) is 19.8 Å². The van der Waals surface area contributed by atoms with Gasteiger partial charge in [-0.2, -0.15) is 5.10 Å². The van der Waals surface area contributed by atoms with Gasteiger partial charge in [-0.05, 0) is 40.6 Å². The summed E-state index contributed by atoms with van der Waals surface area (Å²) in [6, 6.07) is 0. The molecule has 2 N–H and O–H groups in total. The second-order valence-electron chi connectivity index (χ2n) is 3.90. The van der Waals surface area contributed by atoms with Crippen LogP contribution in [-0.2, 0) is 6.54 Å². The summed E-state index contributed by atoms with van der Waals surface area (Å²) in [7, 11) is 0. The first-order chi connectivity index (χ1) is 6.16. The largest absolute Gasteiger partial charge is 0.381 e. The highest BCUT2D eigenvalue weighted by atomic mass is 79.9. The molecule has 1 aromatic heterocycles. The first-order valence-electron chi connectivity index (χ1n) is 4.65. The summed E-state index contributed by atoms with van der Waals surface area (Å²) in [6.07, 6.45) is 4.73. The molecule has 1 heterocycles. The van der Waals surface area contributed by atoms with Gasteiger partial charge in [-0.1, -0.05) is 6.92 Å². The number of aromatic nitrogens is 2. The molecule has 2 rings (SSSR count). The van der Waals surface area contributed by atoms with Gasteiger partial charge in [0, 0.05) is 12.7 Å². The van der Waals surface area contributed by atoms with Crippen molar-refractivity contribution in [2.24, 2.45) is 11.8 Å². The summed E-state index contributed by atoms with van der Waals surface area (Å²) in [4.78, 5) is 0. The third-order valence-electron chi connectivity index (χ3n) is 2.65. The molecule has 1 unspecified atom stereocenters. The molecule has 13 heavy (non-hydrogen) atoms. The number of hydrogen-bond donors (Lipinski definition) is 1. The Morgan fingerprint density at radius 3 is 2.92 bits per heavy atom. The van der Waals surface area contributed by atoms with Crippen molar-refractivity contribution in [3.8, 4) is 0 Å². The average Bonchev–Trinajstić information content (AvgIpc) is 2.81. The maximum absolute atomic E-state index is 5.63. The van der Waals surface area contributed by atoms with Crippen LogP contribution in [0.4, 0.5) is 5.82 Å². The minimum atomic E-state index is 0.586. The summed E-state index contributed by atoms with van der Waals surface area (Å²) in [5.74, 6) is 2.23. The average molecular weight is 244 g/mol. The molecular weight excluding hydrogens is 230 g/mol. The number of hydrogen-bond acceptors (Lipinski definition) is 2. The van der Waals surface area contributed by atoms with E-state index in [9.17, 15) is 0 Å². The third kappa shape index (κ3) is 2.05. The second kappa shape index (κ2) is 3.33. The van der Waals surface area contributed by atoms with Crippen LogP contribution in [0.25, 0.3) is 0 Å². The van der Waals surface area contributed by atoms with Gasteiger partial charge in [0.25, 0.3) is 0 Å². The van der Waals surface area contributed by atoms with Crippen molar-refractivity contribution >= 4 is 21.7 Å². The van der Waals surface area contributed by atoms with Gasteiger partial charge in [0.1, 0.15) is 0 Å². The molecule has 1 aromatic rings. The Labute approximate surface area is 86.4 Å². The van der Waals surface area contributed by atoms with Crippen LogP contribution in [0.5, 0.6) is 0 Å². The van der Waals surface area contributed by atoms with E-state index in [1.807, 2.05) is 10.9 Å². The van der Waals surface area contributed by atoms with Gasteiger partial charge in [0.15, 0.2) is 5.82 Å². The summed E-state index contributed by atoms with van der Waals surface area (Å²) >= 11 is 3.35. The number of rotatable bonds is 3. The molecule has 72 valence electrons.